The molecule has 3 rings (SSSR count). The minimum atomic E-state index is -1.78. The lowest BCUT2D eigenvalue weighted by Gasteiger charge is -2.39. The number of carboxylic acid groups (broad SMARTS) is 1. The second-order valence-electron chi connectivity index (χ2n) is 6.95. The number of aliphatic carboxylic acids is 1. The van der Waals surface area contributed by atoms with E-state index in [1.807, 2.05) is 0 Å². The van der Waals surface area contributed by atoms with Gasteiger partial charge in [-0.3, -0.25) is 9.59 Å². The van der Waals surface area contributed by atoms with Crippen molar-refractivity contribution >= 4 is 35.0 Å². The third-order valence-corrected chi connectivity index (χ3v) is 6.01. The lowest BCUT2D eigenvalue weighted by atomic mass is 9.87. The van der Waals surface area contributed by atoms with Gasteiger partial charge in [0.25, 0.3) is 0 Å². The lowest BCUT2D eigenvalue weighted by Crippen LogP contribution is -2.58. The van der Waals surface area contributed by atoms with E-state index >= 15 is 0 Å². The van der Waals surface area contributed by atoms with Gasteiger partial charge >= 0.3 is 5.97 Å². The second-order valence-corrected chi connectivity index (χ2v) is 7.77. The van der Waals surface area contributed by atoms with Crippen LogP contribution < -0.4 is 0 Å². The Kier molecular flexibility index (Phi) is 5.53. The Balaban J connectivity index is 1.79. The summed E-state index contributed by atoms with van der Waals surface area (Å²) in [7, 11) is 0. The number of carbonyl (C=O) groups excluding carboxylic acids is 1. The van der Waals surface area contributed by atoms with Crippen LogP contribution in [0.1, 0.15) is 23.2 Å². The van der Waals surface area contributed by atoms with Gasteiger partial charge in [0.15, 0.2) is 12.1 Å². The fourth-order valence-corrected chi connectivity index (χ4v) is 3.81. The Hall–Kier alpha value is -1.26. The molecule has 2 fully saturated rings. The molecule has 1 aromatic rings. The molecule has 0 amide bonds. The zero-order valence-electron chi connectivity index (χ0n) is 13.8. The summed E-state index contributed by atoms with van der Waals surface area (Å²) in [6, 6.07) is 4.23. The average Bonchev–Trinajstić information content (AvgIpc) is 3.35. The number of Topliss-reactive ketones (excluding diaryl/α,β-unsaturated/α-hetero) is 1. The molecule has 27 heavy (non-hydrogen) atoms. The summed E-state index contributed by atoms with van der Waals surface area (Å²) >= 11 is 11.7. The molecule has 1 aromatic carbocycles. The fourth-order valence-electron chi connectivity index (χ4n) is 3.51. The van der Waals surface area contributed by atoms with Gasteiger partial charge in [0.05, 0.1) is 21.6 Å². The van der Waals surface area contributed by atoms with E-state index in [1.165, 1.54) is 18.2 Å². The number of rotatable bonds is 5. The summed E-state index contributed by atoms with van der Waals surface area (Å²) in [5.41, 5.74) is -1.31. The normalized spacial score (nSPS) is 38.4. The van der Waals surface area contributed by atoms with Crippen molar-refractivity contribution in [3.05, 3.63) is 33.8 Å². The minimum absolute atomic E-state index is 0.00271. The number of ether oxygens (including phenoxy) is 1. The van der Waals surface area contributed by atoms with E-state index in [4.69, 9.17) is 27.9 Å². The predicted molar refractivity (Wildman–Crippen MR) is 92.5 cm³/mol. The summed E-state index contributed by atoms with van der Waals surface area (Å²) < 4.78 is 5.06. The van der Waals surface area contributed by atoms with Crippen molar-refractivity contribution in [2.75, 3.05) is 0 Å². The molecule has 148 valence electrons. The standard InChI is InChI=1S/C17H18Cl2O8/c18-8-2-1-6(3-9(8)19)11(20)7-4-17(7,16(25)26)5-10-12(21)13(22)14(23)15(24)27-10/h1-3,7,10,12-15,21-24H,4-5H2,(H,25,26)/t7-,10-,12-,13+,14-,15+,17+/m1/s1. The maximum Gasteiger partial charge on any atom is 0.310 e. The fraction of sp³-hybridized carbons (Fsp3) is 0.529. The number of hydrogen-bond acceptors (Lipinski definition) is 7. The first-order valence-electron chi connectivity index (χ1n) is 8.19. The Bertz CT molecular complexity index is 771. The third kappa shape index (κ3) is 3.58. The first kappa shape index (κ1) is 20.5. The molecule has 1 aliphatic carbocycles. The molecule has 1 aliphatic heterocycles. The number of carbonyl (C=O) groups is 2. The molecule has 0 bridgehead atoms. The van der Waals surface area contributed by atoms with Gasteiger partial charge in [0, 0.05) is 11.5 Å². The van der Waals surface area contributed by atoms with Crippen LogP contribution in [0.2, 0.25) is 10.0 Å². The van der Waals surface area contributed by atoms with Crippen molar-refractivity contribution in [3.63, 3.8) is 0 Å². The zero-order valence-corrected chi connectivity index (χ0v) is 15.3. The van der Waals surface area contributed by atoms with Crippen LogP contribution in [0.15, 0.2) is 18.2 Å². The largest absolute Gasteiger partial charge is 0.481 e. The zero-order chi connectivity index (χ0) is 20.1. The highest BCUT2D eigenvalue weighted by Crippen LogP contribution is 2.58. The van der Waals surface area contributed by atoms with Gasteiger partial charge in [-0.2, -0.15) is 0 Å². The number of halogens is 2. The molecule has 2 aliphatic rings. The summed E-state index contributed by atoms with van der Waals surface area (Å²) in [4.78, 5) is 24.5. The third-order valence-electron chi connectivity index (χ3n) is 5.27. The van der Waals surface area contributed by atoms with Gasteiger partial charge in [0.1, 0.15) is 18.3 Å². The monoisotopic (exact) mass is 420 g/mol. The van der Waals surface area contributed by atoms with E-state index in [2.05, 4.69) is 0 Å². The molecule has 1 heterocycles. The van der Waals surface area contributed by atoms with Crippen LogP contribution in [0.5, 0.6) is 0 Å². The van der Waals surface area contributed by atoms with Crippen molar-refractivity contribution in [1.82, 2.24) is 0 Å². The number of aliphatic hydroxyl groups is 4. The maximum absolute atomic E-state index is 12.7. The van der Waals surface area contributed by atoms with Crippen LogP contribution in [-0.2, 0) is 9.53 Å². The van der Waals surface area contributed by atoms with Gasteiger partial charge < -0.3 is 30.3 Å². The van der Waals surface area contributed by atoms with Crippen LogP contribution in [0.3, 0.4) is 0 Å². The highest BCUT2D eigenvalue weighted by Gasteiger charge is 2.65. The number of benzene rings is 1. The van der Waals surface area contributed by atoms with E-state index in [-0.39, 0.29) is 28.5 Å². The Morgan fingerprint density at radius 1 is 1.07 bits per heavy atom. The van der Waals surface area contributed by atoms with Crippen molar-refractivity contribution in [2.24, 2.45) is 11.3 Å². The van der Waals surface area contributed by atoms with E-state index < -0.39 is 53.8 Å². The Morgan fingerprint density at radius 3 is 2.33 bits per heavy atom. The van der Waals surface area contributed by atoms with E-state index in [9.17, 15) is 35.1 Å². The summed E-state index contributed by atoms with van der Waals surface area (Å²) in [5, 5.41) is 49.0. The first-order valence-corrected chi connectivity index (χ1v) is 8.94. The van der Waals surface area contributed by atoms with E-state index in [0.717, 1.165) is 0 Å². The SMILES string of the molecule is O=C(c1ccc(Cl)c(Cl)c1)[C@H]1C[C@@]1(C[C@H]1O[C@H](O)[C@H](O)[C@@H](O)[C@@H]1O)C(=O)O. The van der Waals surface area contributed by atoms with Crippen LogP contribution >= 0.6 is 23.2 Å². The van der Waals surface area contributed by atoms with E-state index in [1.54, 1.807) is 0 Å². The van der Waals surface area contributed by atoms with Gasteiger partial charge in [-0.25, -0.2) is 0 Å². The van der Waals surface area contributed by atoms with Gasteiger partial charge in [-0.05, 0) is 31.0 Å². The number of aliphatic hydroxyl groups excluding tert-OH is 4. The van der Waals surface area contributed by atoms with E-state index in [0.29, 0.717) is 0 Å². The summed E-state index contributed by atoms with van der Waals surface area (Å²) in [6.45, 7) is 0. The minimum Gasteiger partial charge on any atom is -0.481 e. The number of ketones is 1. The van der Waals surface area contributed by atoms with Gasteiger partial charge in [-0.15, -0.1) is 0 Å². The molecule has 0 radical (unpaired) electrons. The molecular weight excluding hydrogens is 403 g/mol. The van der Waals surface area contributed by atoms with Crippen molar-refractivity contribution < 1.29 is 39.9 Å². The van der Waals surface area contributed by atoms with Gasteiger partial charge in [-0.1, -0.05) is 23.2 Å². The van der Waals surface area contributed by atoms with Crippen molar-refractivity contribution in [3.8, 4) is 0 Å². The Morgan fingerprint density at radius 2 is 1.74 bits per heavy atom. The number of hydrogen-bond donors (Lipinski definition) is 5. The maximum atomic E-state index is 12.7. The Labute approximate surface area is 163 Å². The van der Waals surface area contributed by atoms with Crippen LogP contribution in [0.25, 0.3) is 0 Å². The van der Waals surface area contributed by atoms with Crippen LogP contribution in [0, 0.1) is 11.3 Å². The predicted octanol–water partition coefficient (Wildman–Crippen LogP) is 0.457. The highest BCUT2D eigenvalue weighted by molar-refractivity contribution is 6.42. The molecular formula is C17H18Cl2O8. The molecule has 7 atom stereocenters. The highest BCUT2D eigenvalue weighted by atomic mass is 35.5. The molecule has 10 heteroatoms. The molecule has 0 spiro atoms. The molecule has 8 nitrogen and oxygen atoms in total. The molecule has 0 aromatic heterocycles. The second kappa shape index (κ2) is 7.29. The topological polar surface area (TPSA) is 145 Å². The van der Waals surface area contributed by atoms with Crippen molar-refractivity contribution in [2.45, 2.75) is 43.5 Å². The van der Waals surface area contributed by atoms with Crippen molar-refractivity contribution in [1.29, 1.82) is 0 Å². The molecule has 5 N–H and O–H groups in total. The molecule has 1 saturated heterocycles. The average molecular weight is 421 g/mol. The lowest BCUT2D eigenvalue weighted by molar-refractivity contribution is -0.284. The molecule has 1 saturated carbocycles. The smallest absolute Gasteiger partial charge is 0.310 e. The number of carboxylic acids is 1. The summed E-state index contributed by atoms with van der Waals surface area (Å²) in [5.74, 6) is -2.58. The molecule has 0 unspecified atom stereocenters. The first-order chi connectivity index (χ1) is 12.6. The van der Waals surface area contributed by atoms with Crippen LogP contribution in [-0.4, -0.2) is 68.0 Å². The quantitative estimate of drug-likeness (QED) is 0.432. The van der Waals surface area contributed by atoms with Gasteiger partial charge in [0.2, 0.25) is 0 Å². The summed E-state index contributed by atoms with van der Waals surface area (Å²) in [6.07, 6.45) is -8.38. The van der Waals surface area contributed by atoms with Crippen LogP contribution in [0.4, 0.5) is 0 Å².